The van der Waals surface area contributed by atoms with Crippen molar-refractivity contribution in [2.45, 2.75) is 0 Å². The minimum absolute atomic E-state index is 0.918. The summed E-state index contributed by atoms with van der Waals surface area (Å²) in [5.74, 6) is 0. The van der Waals surface area contributed by atoms with E-state index in [2.05, 4.69) is 194 Å². The fraction of sp³-hybridized carbons (Fsp3) is 0. The van der Waals surface area contributed by atoms with Crippen LogP contribution in [0.25, 0.3) is 129 Å². The predicted molar refractivity (Wildman–Crippen MR) is 250 cm³/mol. The minimum Gasteiger partial charge on any atom is -0.456 e. The lowest BCUT2D eigenvalue weighted by molar-refractivity contribution is 0.669. The molecule has 13 aromatic rings. The number of benzene rings is 11. The van der Waals surface area contributed by atoms with Crippen LogP contribution in [0.2, 0.25) is 0 Å². The van der Waals surface area contributed by atoms with Gasteiger partial charge in [0.15, 0.2) is 0 Å². The SMILES string of the molecule is c1ccc2c(-c3c4ccccc4c(-c4ccc5cc(-c6ccc7oc8cc9sc%10ccc%11ccccc%11c%10c9cc8c7c6)ccc5c4)c4ccccc34)cccc2c1. The predicted octanol–water partition coefficient (Wildman–Crippen LogP) is 16.7. The van der Waals surface area contributed by atoms with Crippen LogP contribution in [0.5, 0.6) is 0 Å². The average Bonchev–Trinajstić information content (AvgIpc) is 3.84. The molecule has 0 radical (unpaired) electrons. The summed E-state index contributed by atoms with van der Waals surface area (Å²) in [6.07, 6.45) is 0. The first-order valence-corrected chi connectivity index (χ1v) is 20.7. The molecule has 0 saturated heterocycles. The second-order valence-electron chi connectivity index (χ2n) is 15.6. The Balaban J connectivity index is 0.946. The first-order valence-electron chi connectivity index (χ1n) is 19.9. The van der Waals surface area contributed by atoms with Crippen LogP contribution in [-0.2, 0) is 0 Å². The third-order valence-corrected chi connectivity index (χ3v) is 13.5. The van der Waals surface area contributed by atoms with Crippen LogP contribution in [0.3, 0.4) is 0 Å². The summed E-state index contributed by atoms with van der Waals surface area (Å²) in [5.41, 5.74) is 9.30. The van der Waals surface area contributed by atoms with E-state index in [9.17, 15) is 0 Å². The molecule has 0 aliphatic rings. The Morgan fingerprint density at radius 1 is 0.293 bits per heavy atom. The molecule has 0 atom stereocenters. The van der Waals surface area contributed by atoms with Crippen LogP contribution in [-0.4, -0.2) is 0 Å². The quantitative estimate of drug-likeness (QED) is 0.164. The van der Waals surface area contributed by atoms with Crippen molar-refractivity contribution in [3.05, 3.63) is 194 Å². The molecular weight excluding hydrogens is 721 g/mol. The van der Waals surface area contributed by atoms with Gasteiger partial charge in [-0.25, -0.2) is 0 Å². The molecule has 2 aromatic heterocycles. The Bertz CT molecular complexity index is 3800. The molecule has 0 unspecified atom stereocenters. The Morgan fingerprint density at radius 3 is 1.60 bits per heavy atom. The summed E-state index contributed by atoms with van der Waals surface area (Å²) in [5, 5.41) is 17.6. The number of fused-ring (bicyclic) bond motifs is 12. The van der Waals surface area contributed by atoms with Gasteiger partial charge in [0.1, 0.15) is 11.2 Å². The van der Waals surface area contributed by atoms with Gasteiger partial charge in [0.05, 0.1) is 0 Å². The summed E-state index contributed by atoms with van der Waals surface area (Å²) in [6, 6.07) is 71.6. The molecule has 0 aliphatic carbocycles. The van der Waals surface area contributed by atoms with Crippen LogP contribution in [0.15, 0.2) is 199 Å². The Kier molecular flexibility index (Phi) is 6.66. The maximum absolute atomic E-state index is 6.48. The fourth-order valence-corrected chi connectivity index (χ4v) is 10.9. The molecule has 0 aliphatic heterocycles. The number of hydrogen-bond acceptors (Lipinski definition) is 2. The topological polar surface area (TPSA) is 13.1 Å². The molecule has 2 heterocycles. The molecule has 0 amide bonds. The summed E-state index contributed by atoms with van der Waals surface area (Å²) in [6.45, 7) is 0. The van der Waals surface area contributed by atoms with Crippen molar-refractivity contribution in [1.82, 2.24) is 0 Å². The zero-order valence-corrected chi connectivity index (χ0v) is 32.1. The molecule has 0 saturated carbocycles. The summed E-state index contributed by atoms with van der Waals surface area (Å²) in [7, 11) is 0. The van der Waals surface area contributed by atoms with E-state index in [1.54, 1.807) is 0 Å². The van der Waals surface area contributed by atoms with Crippen LogP contribution < -0.4 is 0 Å². The van der Waals surface area contributed by atoms with E-state index in [4.69, 9.17) is 4.42 Å². The second-order valence-corrected chi connectivity index (χ2v) is 16.6. The highest BCUT2D eigenvalue weighted by atomic mass is 32.1. The van der Waals surface area contributed by atoms with E-state index < -0.39 is 0 Å². The molecule has 2 heteroatoms. The molecule has 0 spiro atoms. The standard InChI is InChI=1S/C56H32OS/c1-3-13-40-33(10-1)12-9-19-42(40)55-45-17-7-5-15-43(45)54(44-16-6-8-18-46(44)55)39-23-22-35-28-36(20-21-37(35)29-39)38-24-26-50-47(30-38)48-31-49-53(32-51(48)57-50)58-52-27-25-34-11-2-4-14-41(34)56(49)52/h1-32H. The molecule has 0 bridgehead atoms. The van der Waals surface area contributed by atoms with Crippen molar-refractivity contribution in [3.8, 4) is 33.4 Å². The molecule has 13 rings (SSSR count). The van der Waals surface area contributed by atoms with Crippen LogP contribution in [0.4, 0.5) is 0 Å². The third-order valence-electron chi connectivity index (χ3n) is 12.4. The zero-order chi connectivity index (χ0) is 37.9. The monoisotopic (exact) mass is 752 g/mol. The normalized spacial score (nSPS) is 12.1. The zero-order valence-electron chi connectivity index (χ0n) is 31.3. The van der Waals surface area contributed by atoms with Crippen molar-refractivity contribution in [2.24, 2.45) is 0 Å². The van der Waals surface area contributed by atoms with Crippen LogP contribution >= 0.6 is 11.3 Å². The van der Waals surface area contributed by atoms with E-state index in [1.165, 1.54) is 107 Å². The number of furan rings is 1. The Hall–Kier alpha value is -7.26. The summed E-state index contributed by atoms with van der Waals surface area (Å²) in [4.78, 5) is 0. The van der Waals surface area contributed by atoms with Gasteiger partial charge in [0.25, 0.3) is 0 Å². The van der Waals surface area contributed by atoms with Gasteiger partial charge >= 0.3 is 0 Å². The average molecular weight is 753 g/mol. The van der Waals surface area contributed by atoms with Crippen molar-refractivity contribution >= 4 is 107 Å². The van der Waals surface area contributed by atoms with Crippen LogP contribution in [0, 0.1) is 0 Å². The van der Waals surface area contributed by atoms with Crippen LogP contribution in [0.1, 0.15) is 0 Å². The van der Waals surface area contributed by atoms with Gasteiger partial charge in [-0.2, -0.15) is 0 Å². The Morgan fingerprint density at radius 2 is 0.845 bits per heavy atom. The highest BCUT2D eigenvalue weighted by Gasteiger charge is 2.19. The van der Waals surface area contributed by atoms with Crippen molar-refractivity contribution in [2.75, 3.05) is 0 Å². The summed E-state index contributed by atoms with van der Waals surface area (Å²) < 4.78 is 9.05. The highest BCUT2D eigenvalue weighted by molar-refractivity contribution is 7.26. The van der Waals surface area contributed by atoms with E-state index in [0.717, 1.165) is 21.9 Å². The fourth-order valence-electron chi connectivity index (χ4n) is 9.75. The lowest BCUT2D eigenvalue weighted by atomic mass is 9.84. The molecule has 11 aromatic carbocycles. The van der Waals surface area contributed by atoms with Crippen molar-refractivity contribution in [1.29, 1.82) is 0 Å². The first kappa shape index (κ1) is 31.9. The van der Waals surface area contributed by atoms with Gasteiger partial charge in [-0.3, -0.25) is 0 Å². The molecule has 1 nitrogen and oxygen atoms in total. The summed E-state index contributed by atoms with van der Waals surface area (Å²) >= 11 is 1.84. The molecular formula is C56H32OS. The van der Waals surface area contributed by atoms with Gasteiger partial charge in [0, 0.05) is 30.9 Å². The maximum atomic E-state index is 6.48. The minimum atomic E-state index is 0.918. The molecule has 0 N–H and O–H groups in total. The third kappa shape index (κ3) is 4.64. The lowest BCUT2D eigenvalue weighted by Crippen LogP contribution is -1.91. The van der Waals surface area contributed by atoms with Crippen molar-refractivity contribution < 1.29 is 4.42 Å². The smallest absolute Gasteiger partial charge is 0.136 e. The van der Waals surface area contributed by atoms with Gasteiger partial charge in [-0.15, -0.1) is 11.3 Å². The highest BCUT2D eigenvalue weighted by Crippen LogP contribution is 2.47. The lowest BCUT2D eigenvalue weighted by Gasteiger charge is -2.19. The first-order chi connectivity index (χ1) is 28.7. The maximum Gasteiger partial charge on any atom is 0.136 e. The molecule has 0 fully saturated rings. The van der Waals surface area contributed by atoms with Gasteiger partial charge in [0.2, 0.25) is 0 Å². The second kappa shape index (κ2) is 12.1. The van der Waals surface area contributed by atoms with E-state index >= 15 is 0 Å². The Labute approximate surface area is 337 Å². The van der Waals surface area contributed by atoms with E-state index in [1.807, 2.05) is 11.3 Å². The molecule has 58 heavy (non-hydrogen) atoms. The van der Waals surface area contributed by atoms with Gasteiger partial charge in [-0.1, -0.05) is 152 Å². The molecule has 268 valence electrons. The largest absolute Gasteiger partial charge is 0.456 e. The van der Waals surface area contributed by atoms with E-state index in [-0.39, 0.29) is 0 Å². The van der Waals surface area contributed by atoms with Gasteiger partial charge < -0.3 is 4.42 Å². The van der Waals surface area contributed by atoms with E-state index in [0.29, 0.717) is 0 Å². The number of thiophene rings is 1. The number of hydrogen-bond donors (Lipinski definition) is 0. The van der Waals surface area contributed by atoms with Crippen molar-refractivity contribution in [3.63, 3.8) is 0 Å². The van der Waals surface area contributed by atoms with Gasteiger partial charge in [-0.05, 0) is 130 Å². The number of rotatable bonds is 3.